The molecule has 2 amide bonds. The summed E-state index contributed by atoms with van der Waals surface area (Å²) in [7, 11) is -3.77. The van der Waals surface area contributed by atoms with Crippen LogP contribution in [0.2, 0.25) is 0 Å². The molecule has 0 aliphatic rings. The van der Waals surface area contributed by atoms with Gasteiger partial charge in [0.2, 0.25) is 0 Å². The van der Waals surface area contributed by atoms with Crippen molar-refractivity contribution in [1.82, 2.24) is 5.32 Å². The lowest BCUT2D eigenvalue weighted by atomic mass is 10.0. The molecule has 152 valence electrons. The third kappa shape index (κ3) is 5.06. The van der Waals surface area contributed by atoms with Crippen molar-refractivity contribution in [2.75, 3.05) is 11.9 Å². The molecule has 0 bridgehead atoms. The highest BCUT2D eigenvalue weighted by Crippen LogP contribution is 2.30. The molecule has 0 radical (unpaired) electrons. The summed E-state index contributed by atoms with van der Waals surface area (Å²) in [5, 5.41) is 4.28. The Bertz CT molecular complexity index is 1030. The summed E-state index contributed by atoms with van der Waals surface area (Å²) >= 11 is 0. The van der Waals surface area contributed by atoms with E-state index in [4.69, 9.17) is 4.42 Å². The second-order valence-corrected chi connectivity index (χ2v) is 9.10. The average Bonchev–Trinajstić information content (AvgIpc) is 3.23. The zero-order valence-electron chi connectivity index (χ0n) is 16.3. The molecule has 29 heavy (non-hydrogen) atoms. The van der Waals surface area contributed by atoms with Crippen molar-refractivity contribution >= 4 is 21.6 Å². The molecule has 0 fully saturated rings. The summed E-state index contributed by atoms with van der Waals surface area (Å²) in [5.74, 6) is 0.578. The minimum atomic E-state index is -3.77. The molecule has 1 heterocycles. The Morgan fingerprint density at radius 2 is 1.66 bits per heavy atom. The van der Waals surface area contributed by atoms with E-state index in [0.29, 0.717) is 11.6 Å². The molecule has 3 rings (SSSR count). The number of hydrogen-bond acceptors (Lipinski definition) is 4. The summed E-state index contributed by atoms with van der Waals surface area (Å²) < 4.78 is 31.9. The van der Waals surface area contributed by atoms with Crippen LogP contribution in [0.1, 0.15) is 36.3 Å². The number of carbonyl (C=O) groups is 1. The van der Waals surface area contributed by atoms with Crippen LogP contribution in [0.15, 0.2) is 82.3 Å². The Hall–Kier alpha value is -3.06. The predicted octanol–water partition coefficient (Wildman–Crippen LogP) is 4.74. The molecule has 1 atom stereocenters. The zero-order valence-corrected chi connectivity index (χ0v) is 17.1. The minimum absolute atomic E-state index is 0.125. The molecule has 0 aliphatic carbocycles. The molecule has 2 N–H and O–H groups in total. The number of anilines is 1. The SMILES string of the molecule is CC(C)c1ccc(S(=O)(=O)[C@H](CNC(=O)Nc2ccccc2)c2ccco2)cc1. The van der Waals surface area contributed by atoms with Gasteiger partial charge >= 0.3 is 6.03 Å². The van der Waals surface area contributed by atoms with Crippen molar-refractivity contribution in [3.05, 3.63) is 84.3 Å². The van der Waals surface area contributed by atoms with Crippen molar-refractivity contribution in [3.63, 3.8) is 0 Å². The number of rotatable bonds is 7. The monoisotopic (exact) mass is 412 g/mol. The number of sulfone groups is 1. The maximum atomic E-state index is 13.3. The molecule has 0 saturated heterocycles. The first-order chi connectivity index (χ1) is 13.9. The van der Waals surface area contributed by atoms with Gasteiger partial charge in [0.1, 0.15) is 11.0 Å². The van der Waals surface area contributed by atoms with E-state index in [1.165, 1.54) is 6.26 Å². The molecule has 2 aromatic carbocycles. The smallest absolute Gasteiger partial charge is 0.319 e. The van der Waals surface area contributed by atoms with E-state index in [2.05, 4.69) is 10.6 Å². The van der Waals surface area contributed by atoms with E-state index >= 15 is 0 Å². The van der Waals surface area contributed by atoms with E-state index < -0.39 is 21.1 Å². The normalized spacial score (nSPS) is 12.5. The fourth-order valence-electron chi connectivity index (χ4n) is 2.93. The van der Waals surface area contributed by atoms with Gasteiger partial charge in [-0.25, -0.2) is 13.2 Å². The number of nitrogens with one attached hydrogen (secondary N) is 2. The Morgan fingerprint density at radius 1 is 0.966 bits per heavy atom. The van der Waals surface area contributed by atoms with Gasteiger partial charge in [0.05, 0.1) is 11.2 Å². The van der Waals surface area contributed by atoms with Crippen LogP contribution in [0.5, 0.6) is 0 Å². The predicted molar refractivity (Wildman–Crippen MR) is 113 cm³/mol. The molecule has 0 aliphatic heterocycles. The third-order valence-electron chi connectivity index (χ3n) is 4.59. The van der Waals surface area contributed by atoms with Crippen molar-refractivity contribution in [1.29, 1.82) is 0 Å². The van der Waals surface area contributed by atoms with Crippen LogP contribution < -0.4 is 10.6 Å². The van der Waals surface area contributed by atoms with Crippen LogP contribution in [-0.2, 0) is 9.84 Å². The number of hydrogen-bond donors (Lipinski definition) is 2. The molecular weight excluding hydrogens is 388 g/mol. The van der Waals surface area contributed by atoms with E-state index in [9.17, 15) is 13.2 Å². The van der Waals surface area contributed by atoms with Crippen LogP contribution in [0.25, 0.3) is 0 Å². The summed E-state index contributed by atoms with van der Waals surface area (Å²) in [5.41, 5.74) is 1.67. The average molecular weight is 413 g/mol. The van der Waals surface area contributed by atoms with E-state index in [1.54, 1.807) is 48.5 Å². The maximum Gasteiger partial charge on any atom is 0.319 e. The van der Waals surface area contributed by atoms with Gasteiger partial charge in [-0.15, -0.1) is 0 Å². The van der Waals surface area contributed by atoms with Crippen molar-refractivity contribution < 1.29 is 17.6 Å². The first kappa shape index (κ1) is 20.7. The standard InChI is InChI=1S/C22H24N2O4S/c1-16(2)17-10-12-19(13-11-17)29(26,27)21(20-9-6-14-28-20)15-23-22(25)24-18-7-4-3-5-8-18/h3-14,16,21H,15H2,1-2H3,(H2,23,24,25)/t21-/m1/s1. The second kappa shape index (κ2) is 8.96. The fraction of sp³-hybridized carbons (Fsp3) is 0.227. The largest absolute Gasteiger partial charge is 0.468 e. The minimum Gasteiger partial charge on any atom is -0.468 e. The van der Waals surface area contributed by atoms with Gasteiger partial charge in [0.25, 0.3) is 0 Å². The van der Waals surface area contributed by atoms with Crippen molar-refractivity contribution in [3.8, 4) is 0 Å². The molecule has 3 aromatic rings. The van der Waals surface area contributed by atoms with Crippen LogP contribution in [0, 0.1) is 0 Å². The number of carbonyl (C=O) groups excluding carboxylic acids is 1. The van der Waals surface area contributed by atoms with Gasteiger partial charge in [0.15, 0.2) is 9.84 Å². The van der Waals surface area contributed by atoms with Gasteiger partial charge < -0.3 is 15.1 Å². The number of furan rings is 1. The van der Waals surface area contributed by atoms with Gasteiger partial charge in [-0.1, -0.05) is 44.2 Å². The van der Waals surface area contributed by atoms with Crippen molar-refractivity contribution in [2.24, 2.45) is 0 Å². The number of benzene rings is 2. The lowest BCUT2D eigenvalue weighted by molar-refractivity contribution is 0.252. The molecule has 0 spiro atoms. The second-order valence-electron chi connectivity index (χ2n) is 6.97. The highest BCUT2D eigenvalue weighted by Gasteiger charge is 2.32. The van der Waals surface area contributed by atoms with Gasteiger partial charge in [-0.05, 0) is 47.9 Å². The maximum absolute atomic E-state index is 13.3. The molecule has 0 unspecified atom stereocenters. The Kier molecular flexibility index (Phi) is 6.39. The lowest BCUT2D eigenvalue weighted by Gasteiger charge is -2.17. The van der Waals surface area contributed by atoms with E-state index in [0.717, 1.165) is 5.56 Å². The van der Waals surface area contributed by atoms with Crippen LogP contribution in [0.3, 0.4) is 0 Å². The first-order valence-corrected chi connectivity index (χ1v) is 10.9. The first-order valence-electron chi connectivity index (χ1n) is 9.35. The quantitative estimate of drug-likeness (QED) is 0.587. The molecule has 7 heteroatoms. The number of amides is 2. The highest BCUT2D eigenvalue weighted by atomic mass is 32.2. The van der Waals surface area contributed by atoms with Gasteiger partial charge in [-0.2, -0.15) is 0 Å². The molecular formula is C22H24N2O4S. The Labute approximate surface area is 170 Å². The van der Waals surface area contributed by atoms with Gasteiger partial charge in [0, 0.05) is 12.2 Å². The Morgan fingerprint density at radius 3 is 2.24 bits per heavy atom. The summed E-state index contributed by atoms with van der Waals surface area (Å²) in [4.78, 5) is 12.4. The fourth-order valence-corrected chi connectivity index (χ4v) is 4.51. The third-order valence-corrected chi connectivity index (χ3v) is 6.67. The lowest BCUT2D eigenvalue weighted by Crippen LogP contribution is -2.34. The number of para-hydroxylation sites is 1. The molecule has 0 saturated carbocycles. The summed E-state index contributed by atoms with van der Waals surface area (Å²) in [6.45, 7) is 3.97. The van der Waals surface area contributed by atoms with E-state index in [-0.39, 0.29) is 17.2 Å². The topological polar surface area (TPSA) is 88.4 Å². The van der Waals surface area contributed by atoms with Crippen LogP contribution in [0.4, 0.5) is 10.5 Å². The highest BCUT2D eigenvalue weighted by molar-refractivity contribution is 7.91. The summed E-state index contributed by atoms with van der Waals surface area (Å²) in [6, 6.07) is 18.5. The van der Waals surface area contributed by atoms with E-state index in [1.807, 2.05) is 32.0 Å². The van der Waals surface area contributed by atoms with Crippen LogP contribution >= 0.6 is 0 Å². The van der Waals surface area contributed by atoms with Gasteiger partial charge in [-0.3, -0.25) is 0 Å². The zero-order chi connectivity index (χ0) is 20.9. The van der Waals surface area contributed by atoms with Crippen LogP contribution in [-0.4, -0.2) is 21.0 Å². The summed E-state index contributed by atoms with van der Waals surface area (Å²) in [6.07, 6.45) is 1.42. The molecule has 6 nitrogen and oxygen atoms in total. The van der Waals surface area contributed by atoms with Crippen molar-refractivity contribution in [2.45, 2.75) is 29.9 Å². The molecule has 1 aromatic heterocycles. The Balaban J connectivity index is 1.79. The number of urea groups is 1.